The topological polar surface area (TPSA) is 72.0 Å². The van der Waals surface area contributed by atoms with E-state index in [1.165, 1.54) is 25.7 Å². The van der Waals surface area contributed by atoms with Crippen molar-refractivity contribution in [2.24, 2.45) is 11.8 Å². The first-order valence-corrected chi connectivity index (χ1v) is 7.91. The number of hydrogen-bond donors (Lipinski definition) is 2. The summed E-state index contributed by atoms with van der Waals surface area (Å²) in [6.07, 6.45) is 5.27. The SMILES string of the molecule is CNc1nc(NCC2CCC(C)CC2)nc(OC(C)C)n1. The Morgan fingerprint density at radius 3 is 2.38 bits per heavy atom. The molecule has 0 saturated heterocycles. The summed E-state index contributed by atoms with van der Waals surface area (Å²) in [6.45, 7) is 7.17. The van der Waals surface area contributed by atoms with Crippen molar-refractivity contribution in [3.63, 3.8) is 0 Å². The first kappa shape index (κ1) is 15.8. The number of aromatic nitrogens is 3. The number of nitrogens with zero attached hydrogens (tertiary/aromatic N) is 3. The van der Waals surface area contributed by atoms with Crippen LogP contribution in [0, 0.1) is 11.8 Å². The van der Waals surface area contributed by atoms with Crippen LogP contribution in [-0.4, -0.2) is 34.6 Å². The van der Waals surface area contributed by atoms with Crippen LogP contribution in [0.15, 0.2) is 0 Å². The molecule has 0 bridgehead atoms. The van der Waals surface area contributed by atoms with Crippen molar-refractivity contribution in [1.82, 2.24) is 15.0 Å². The van der Waals surface area contributed by atoms with E-state index in [-0.39, 0.29) is 6.10 Å². The zero-order chi connectivity index (χ0) is 15.2. The minimum Gasteiger partial charge on any atom is -0.461 e. The van der Waals surface area contributed by atoms with E-state index in [4.69, 9.17) is 4.74 Å². The lowest BCUT2D eigenvalue weighted by molar-refractivity contribution is 0.222. The van der Waals surface area contributed by atoms with E-state index >= 15 is 0 Å². The molecule has 21 heavy (non-hydrogen) atoms. The molecule has 0 unspecified atom stereocenters. The molecule has 0 radical (unpaired) electrons. The van der Waals surface area contributed by atoms with E-state index in [0.29, 0.717) is 23.8 Å². The normalized spacial score (nSPS) is 22.1. The third-order valence-electron chi connectivity index (χ3n) is 3.86. The number of nitrogens with one attached hydrogen (secondary N) is 2. The average molecular weight is 293 g/mol. The lowest BCUT2D eigenvalue weighted by atomic mass is 9.83. The van der Waals surface area contributed by atoms with Gasteiger partial charge in [0.2, 0.25) is 11.9 Å². The van der Waals surface area contributed by atoms with Crippen molar-refractivity contribution in [2.45, 2.75) is 52.6 Å². The van der Waals surface area contributed by atoms with E-state index < -0.39 is 0 Å². The molecule has 6 nitrogen and oxygen atoms in total. The number of ether oxygens (including phenoxy) is 1. The third kappa shape index (κ3) is 5.02. The molecule has 1 fully saturated rings. The highest BCUT2D eigenvalue weighted by atomic mass is 16.5. The molecule has 118 valence electrons. The van der Waals surface area contributed by atoms with Gasteiger partial charge in [0.05, 0.1) is 6.10 Å². The first-order valence-electron chi connectivity index (χ1n) is 7.91. The van der Waals surface area contributed by atoms with Crippen LogP contribution in [0.4, 0.5) is 11.9 Å². The van der Waals surface area contributed by atoms with Crippen molar-refractivity contribution in [3.05, 3.63) is 0 Å². The second-order valence-corrected chi connectivity index (χ2v) is 6.19. The monoisotopic (exact) mass is 293 g/mol. The second kappa shape index (κ2) is 7.43. The van der Waals surface area contributed by atoms with Gasteiger partial charge in [-0.3, -0.25) is 0 Å². The summed E-state index contributed by atoms with van der Waals surface area (Å²) in [7, 11) is 1.79. The first-order chi connectivity index (χ1) is 10.1. The zero-order valence-corrected chi connectivity index (χ0v) is 13.5. The predicted octanol–water partition coefficient (Wildman–Crippen LogP) is 2.94. The number of anilines is 2. The highest BCUT2D eigenvalue weighted by Gasteiger charge is 2.18. The van der Waals surface area contributed by atoms with Gasteiger partial charge in [0.25, 0.3) is 0 Å². The second-order valence-electron chi connectivity index (χ2n) is 6.19. The van der Waals surface area contributed by atoms with Crippen molar-refractivity contribution in [1.29, 1.82) is 0 Å². The van der Waals surface area contributed by atoms with Crippen molar-refractivity contribution in [3.8, 4) is 6.01 Å². The lowest BCUT2D eigenvalue weighted by Crippen LogP contribution is -2.21. The Kier molecular flexibility index (Phi) is 5.59. The van der Waals surface area contributed by atoms with Crippen LogP contribution in [0.1, 0.15) is 46.5 Å². The molecule has 1 heterocycles. The fourth-order valence-electron chi connectivity index (χ4n) is 2.58. The molecular formula is C15H27N5O. The molecule has 0 atom stereocenters. The Balaban J connectivity index is 1.95. The minimum absolute atomic E-state index is 0.0461. The van der Waals surface area contributed by atoms with Crippen LogP contribution in [0.3, 0.4) is 0 Å². The van der Waals surface area contributed by atoms with Gasteiger partial charge in [-0.15, -0.1) is 0 Å². The summed E-state index contributed by atoms with van der Waals surface area (Å²) in [5.74, 6) is 2.70. The van der Waals surface area contributed by atoms with Crippen molar-refractivity contribution >= 4 is 11.9 Å². The van der Waals surface area contributed by atoms with Crippen LogP contribution in [-0.2, 0) is 0 Å². The molecule has 0 aliphatic heterocycles. The summed E-state index contributed by atoms with van der Waals surface area (Å²) in [4.78, 5) is 12.9. The molecule has 0 aromatic carbocycles. The van der Waals surface area contributed by atoms with Crippen LogP contribution < -0.4 is 15.4 Å². The van der Waals surface area contributed by atoms with E-state index in [1.807, 2.05) is 13.8 Å². The quantitative estimate of drug-likeness (QED) is 0.840. The Bertz CT molecular complexity index is 444. The molecule has 1 aliphatic carbocycles. The van der Waals surface area contributed by atoms with Gasteiger partial charge in [-0.25, -0.2) is 0 Å². The van der Waals surface area contributed by atoms with Crippen LogP contribution in [0.5, 0.6) is 6.01 Å². The predicted molar refractivity (Wildman–Crippen MR) is 84.7 cm³/mol. The average Bonchev–Trinajstić information content (AvgIpc) is 2.45. The smallest absolute Gasteiger partial charge is 0.323 e. The largest absolute Gasteiger partial charge is 0.461 e. The van der Waals surface area contributed by atoms with E-state index in [0.717, 1.165) is 12.5 Å². The molecule has 1 aliphatic rings. The maximum Gasteiger partial charge on any atom is 0.323 e. The molecular weight excluding hydrogens is 266 g/mol. The maximum atomic E-state index is 5.56. The summed E-state index contributed by atoms with van der Waals surface area (Å²) >= 11 is 0. The lowest BCUT2D eigenvalue weighted by Gasteiger charge is -2.26. The van der Waals surface area contributed by atoms with Crippen molar-refractivity contribution < 1.29 is 4.74 Å². The zero-order valence-electron chi connectivity index (χ0n) is 13.5. The highest BCUT2D eigenvalue weighted by molar-refractivity contribution is 5.35. The molecule has 2 rings (SSSR count). The Morgan fingerprint density at radius 2 is 1.76 bits per heavy atom. The van der Waals surface area contributed by atoms with E-state index in [9.17, 15) is 0 Å². The van der Waals surface area contributed by atoms with Crippen LogP contribution in [0.25, 0.3) is 0 Å². The van der Waals surface area contributed by atoms with Gasteiger partial charge >= 0.3 is 6.01 Å². The fourth-order valence-corrected chi connectivity index (χ4v) is 2.58. The standard InChI is InChI=1S/C15H27N5O/c1-10(2)21-15-19-13(16-4)18-14(20-15)17-9-12-7-5-11(3)6-8-12/h10-12H,5-9H2,1-4H3,(H2,16,17,18,19,20). The van der Waals surface area contributed by atoms with Gasteiger partial charge in [-0.2, -0.15) is 15.0 Å². The Hall–Kier alpha value is -1.59. The third-order valence-corrected chi connectivity index (χ3v) is 3.86. The van der Waals surface area contributed by atoms with E-state index in [2.05, 4.69) is 32.5 Å². The molecule has 0 amide bonds. The molecule has 1 aromatic heterocycles. The fraction of sp³-hybridized carbons (Fsp3) is 0.800. The van der Waals surface area contributed by atoms with Gasteiger partial charge in [0.15, 0.2) is 0 Å². The van der Waals surface area contributed by atoms with E-state index in [1.54, 1.807) is 7.05 Å². The van der Waals surface area contributed by atoms with Gasteiger partial charge in [-0.05, 0) is 38.5 Å². The molecule has 2 N–H and O–H groups in total. The Labute approximate surface area is 127 Å². The molecule has 0 spiro atoms. The minimum atomic E-state index is 0.0461. The van der Waals surface area contributed by atoms with Gasteiger partial charge in [-0.1, -0.05) is 19.8 Å². The Morgan fingerprint density at radius 1 is 1.10 bits per heavy atom. The summed E-state index contributed by atoms with van der Waals surface area (Å²) in [5.41, 5.74) is 0. The van der Waals surface area contributed by atoms with Gasteiger partial charge < -0.3 is 15.4 Å². The van der Waals surface area contributed by atoms with Crippen molar-refractivity contribution in [2.75, 3.05) is 24.2 Å². The number of rotatable bonds is 6. The van der Waals surface area contributed by atoms with Crippen LogP contribution >= 0.6 is 0 Å². The van der Waals surface area contributed by atoms with Gasteiger partial charge in [0.1, 0.15) is 0 Å². The molecule has 6 heteroatoms. The molecule has 1 aromatic rings. The summed E-state index contributed by atoms with van der Waals surface area (Å²) in [5, 5.41) is 6.28. The summed E-state index contributed by atoms with van der Waals surface area (Å²) < 4.78 is 5.56. The van der Waals surface area contributed by atoms with Gasteiger partial charge in [0, 0.05) is 13.6 Å². The maximum absolute atomic E-state index is 5.56. The highest BCUT2D eigenvalue weighted by Crippen LogP contribution is 2.28. The number of hydrogen-bond acceptors (Lipinski definition) is 6. The van der Waals surface area contributed by atoms with Crippen LogP contribution in [0.2, 0.25) is 0 Å². The molecule has 1 saturated carbocycles. The summed E-state index contributed by atoms with van der Waals surface area (Å²) in [6, 6.07) is 0.365.